The minimum atomic E-state index is -0.110. The van der Waals surface area contributed by atoms with E-state index in [9.17, 15) is 0 Å². The van der Waals surface area contributed by atoms with Crippen molar-refractivity contribution in [3.8, 4) is 0 Å². The predicted molar refractivity (Wildman–Crippen MR) is 65.1 cm³/mol. The van der Waals surface area contributed by atoms with Crippen molar-refractivity contribution in [1.29, 1.82) is 0 Å². The zero-order chi connectivity index (χ0) is 11.3. The highest BCUT2D eigenvalue weighted by Gasteiger charge is 2.31. The fourth-order valence-corrected chi connectivity index (χ4v) is 2.10. The maximum absolute atomic E-state index is 6.04. The van der Waals surface area contributed by atoms with E-state index >= 15 is 0 Å². The quantitative estimate of drug-likeness (QED) is 0.803. The smallest absolute Gasteiger partial charge is 0.0832 e. The lowest BCUT2D eigenvalue weighted by atomic mass is 9.92. The monoisotopic (exact) mass is 220 g/mol. The summed E-state index contributed by atoms with van der Waals surface area (Å²) in [6.45, 7) is 3.29. The van der Waals surface area contributed by atoms with Crippen LogP contribution in [0.25, 0.3) is 0 Å². The molecule has 2 rings (SSSR count). The molecule has 0 unspecified atom stereocenters. The van der Waals surface area contributed by atoms with Gasteiger partial charge in [0.1, 0.15) is 0 Å². The zero-order valence-corrected chi connectivity index (χ0v) is 9.61. The molecule has 1 aromatic rings. The number of benzene rings is 1. The second-order valence-corrected chi connectivity index (χ2v) is 4.41. The normalized spacial score (nSPS) is 19.6. The molecule has 1 heterocycles. The summed E-state index contributed by atoms with van der Waals surface area (Å²) in [5, 5.41) is 3.34. The molecule has 3 N–H and O–H groups in total. The van der Waals surface area contributed by atoms with Gasteiger partial charge >= 0.3 is 0 Å². The minimum absolute atomic E-state index is 0.110. The molecule has 16 heavy (non-hydrogen) atoms. The molecule has 0 amide bonds. The topological polar surface area (TPSA) is 47.3 Å². The summed E-state index contributed by atoms with van der Waals surface area (Å²) >= 11 is 0. The molecular weight excluding hydrogens is 200 g/mol. The van der Waals surface area contributed by atoms with Gasteiger partial charge in [0.25, 0.3) is 0 Å². The number of ether oxygens (including phenoxy) is 1. The molecule has 0 spiro atoms. The van der Waals surface area contributed by atoms with Crippen LogP contribution in [-0.2, 0) is 11.3 Å². The van der Waals surface area contributed by atoms with Crippen molar-refractivity contribution >= 4 is 0 Å². The van der Waals surface area contributed by atoms with Gasteiger partial charge in [-0.05, 0) is 31.5 Å². The summed E-state index contributed by atoms with van der Waals surface area (Å²) in [4.78, 5) is 0. The van der Waals surface area contributed by atoms with E-state index in [1.165, 1.54) is 5.56 Å². The standard InChI is InChI=1S/C13H20N2O/c14-11-13(6-8-15-9-7-13)16-10-12-4-2-1-3-5-12/h1-5,15H,6-11,14H2. The SMILES string of the molecule is NCC1(OCc2ccccc2)CCNCC1. The molecule has 88 valence electrons. The Morgan fingerprint density at radius 1 is 1.19 bits per heavy atom. The van der Waals surface area contributed by atoms with Crippen LogP contribution in [0.5, 0.6) is 0 Å². The van der Waals surface area contributed by atoms with Crippen molar-refractivity contribution in [2.75, 3.05) is 19.6 Å². The molecule has 3 heteroatoms. The van der Waals surface area contributed by atoms with Crippen molar-refractivity contribution in [3.05, 3.63) is 35.9 Å². The third-order valence-corrected chi connectivity index (χ3v) is 3.27. The van der Waals surface area contributed by atoms with E-state index in [0.717, 1.165) is 25.9 Å². The Balaban J connectivity index is 1.92. The van der Waals surface area contributed by atoms with Crippen LogP contribution < -0.4 is 11.1 Å². The van der Waals surface area contributed by atoms with Gasteiger partial charge in [0.05, 0.1) is 12.2 Å². The van der Waals surface area contributed by atoms with Gasteiger partial charge in [-0.15, -0.1) is 0 Å². The number of hydrogen-bond donors (Lipinski definition) is 2. The van der Waals surface area contributed by atoms with Gasteiger partial charge in [-0.3, -0.25) is 0 Å². The van der Waals surface area contributed by atoms with Crippen LogP contribution in [0.2, 0.25) is 0 Å². The molecule has 0 saturated carbocycles. The van der Waals surface area contributed by atoms with E-state index in [-0.39, 0.29) is 5.60 Å². The molecule has 0 bridgehead atoms. The molecule has 0 radical (unpaired) electrons. The Labute approximate surface area is 97.0 Å². The summed E-state index contributed by atoms with van der Waals surface area (Å²) in [5.41, 5.74) is 6.96. The van der Waals surface area contributed by atoms with E-state index in [1.54, 1.807) is 0 Å². The summed E-state index contributed by atoms with van der Waals surface area (Å²) in [7, 11) is 0. The van der Waals surface area contributed by atoms with Crippen molar-refractivity contribution < 1.29 is 4.74 Å². The second-order valence-electron chi connectivity index (χ2n) is 4.41. The Bertz CT molecular complexity index is 307. The van der Waals surface area contributed by atoms with Crippen molar-refractivity contribution in [2.45, 2.75) is 25.0 Å². The number of rotatable bonds is 4. The fourth-order valence-electron chi connectivity index (χ4n) is 2.10. The third kappa shape index (κ3) is 2.82. The van der Waals surface area contributed by atoms with E-state index in [0.29, 0.717) is 13.2 Å². The fraction of sp³-hybridized carbons (Fsp3) is 0.538. The van der Waals surface area contributed by atoms with Crippen LogP contribution >= 0.6 is 0 Å². The van der Waals surface area contributed by atoms with Gasteiger partial charge in [-0.2, -0.15) is 0 Å². The number of nitrogens with two attached hydrogens (primary N) is 1. The second kappa shape index (κ2) is 5.43. The first kappa shape index (κ1) is 11.6. The zero-order valence-electron chi connectivity index (χ0n) is 9.61. The molecule has 1 saturated heterocycles. The van der Waals surface area contributed by atoms with Crippen molar-refractivity contribution in [3.63, 3.8) is 0 Å². The Hall–Kier alpha value is -0.900. The van der Waals surface area contributed by atoms with E-state index in [1.807, 2.05) is 18.2 Å². The average molecular weight is 220 g/mol. The van der Waals surface area contributed by atoms with Gasteiger partial charge in [0, 0.05) is 6.54 Å². The molecule has 1 fully saturated rings. The first-order valence-electron chi connectivity index (χ1n) is 5.93. The average Bonchev–Trinajstić information content (AvgIpc) is 2.39. The molecule has 0 atom stereocenters. The summed E-state index contributed by atoms with van der Waals surface area (Å²) < 4.78 is 6.04. The van der Waals surface area contributed by atoms with E-state index < -0.39 is 0 Å². The number of hydrogen-bond acceptors (Lipinski definition) is 3. The lowest BCUT2D eigenvalue weighted by molar-refractivity contribution is -0.0689. The van der Waals surface area contributed by atoms with Crippen molar-refractivity contribution in [1.82, 2.24) is 5.32 Å². The molecular formula is C13H20N2O. The summed E-state index contributed by atoms with van der Waals surface area (Å²) in [6, 6.07) is 10.3. The molecule has 1 aliphatic heterocycles. The van der Waals surface area contributed by atoms with Crippen LogP contribution in [0.3, 0.4) is 0 Å². The predicted octanol–water partition coefficient (Wildman–Crippen LogP) is 1.28. The van der Waals surface area contributed by atoms with Crippen molar-refractivity contribution in [2.24, 2.45) is 5.73 Å². The van der Waals surface area contributed by atoms with Gasteiger partial charge in [0.15, 0.2) is 0 Å². The molecule has 1 aromatic carbocycles. The van der Waals surface area contributed by atoms with Crippen LogP contribution in [0.15, 0.2) is 30.3 Å². The molecule has 1 aliphatic rings. The minimum Gasteiger partial charge on any atom is -0.369 e. The Kier molecular flexibility index (Phi) is 3.93. The highest BCUT2D eigenvalue weighted by atomic mass is 16.5. The van der Waals surface area contributed by atoms with Crippen LogP contribution in [0, 0.1) is 0 Å². The largest absolute Gasteiger partial charge is 0.369 e. The molecule has 3 nitrogen and oxygen atoms in total. The van der Waals surface area contributed by atoms with Gasteiger partial charge < -0.3 is 15.8 Å². The van der Waals surface area contributed by atoms with Crippen LogP contribution in [0.4, 0.5) is 0 Å². The maximum Gasteiger partial charge on any atom is 0.0832 e. The highest BCUT2D eigenvalue weighted by molar-refractivity contribution is 5.13. The lowest BCUT2D eigenvalue weighted by Gasteiger charge is -2.36. The first-order chi connectivity index (χ1) is 7.85. The first-order valence-corrected chi connectivity index (χ1v) is 5.93. The Morgan fingerprint density at radius 2 is 1.88 bits per heavy atom. The number of nitrogens with one attached hydrogen (secondary N) is 1. The lowest BCUT2D eigenvalue weighted by Crippen LogP contribution is -2.49. The number of piperidine rings is 1. The summed E-state index contributed by atoms with van der Waals surface area (Å²) in [5.74, 6) is 0. The van der Waals surface area contributed by atoms with E-state index in [4.69, 9.17) is 10.5 Å². The van der Waals surface area contributed by atoms with Crippen LogP contribution in [0.1, 0.15) is 18.4 Å². The van der Waals surface area contributed by atoms with Gasteiger partial charge in [0.2, 0.25) is 0 Å². The Morgan fingerprint density at radius 3 is 2.50 bits per heavy atom. The summed E-state index contributed by atoms with van der Waals surface area (Å²) in [6.07, 6.45) is 2.02. The van der Waals surface area contributed by atoms with Crippen LogP contribution in [-0.4, -0.2) is 25.2 Å². The highest BCUT2D eigenvalue weighted by Crippen LogP contribution is 2.23. The van der Waals surface area contributed by atoms with Gasteiger partial charge in [-0.1, -0.05) is 30.3 Å². The molecule has 0 aliphatic carbocycles. The maximum atomic E-state index is 6.04. The van der Waals surface area contributed by atoms with Gasteiger partial charge in [-0.25, -0.2) is 0 Å². The molecule has 0 aromatic heterocycles. The van der Waals surface area contributed by atoms with E-state index in [2.05, 4.69) is 17.4 Å². The third-order valence-electron chi connectivity index (χ3n) is 3.27.